The van der Waals surface area contributed by atoms with Gasteiger partial charge in [0.1, 0.15) is 5.15 Å². The molecule has 1 rings (SSSR count). The molecule has 0 unspecified atom stereocenters. The fraction of sp³-hybridized carbons (Fsp3) is 0. The van der Waals surface area contributed by atoms with Crippen molar-refractivity contribution in [3.63, 3.8) is 0 Å². The normalized spacial score (nSPS) is 9.90. The molecule has 0 aliphatic rings. The Morgan fingerprint density at radius 2 is 1.90 bits per heavy atom. The maximum Gasteiger partial charge on any atom is 0.126 e. The van der Waals surface area contributed by atoms with Crippen LogP contribution in [0.25, 0.3) is 0 Å². The first-order valence-electron chi connectivity index (χ1n) is 2.35. The number of aromatic nitrogens is 1. The van der Waals surface area contributed by atoms with Crippen LogP contribution >= 0.6 is 47.0 Å². The van der Waals surface area contributed by atoms with Crippen LogP contribution in [0.3, 0.4) is 0 Å². The quantitative estimate of drug-likeness (QED) is 0.514. The Kier molecular flexibility index (Phi) is 2.58. The first-order valence-corrected chi connectivity index (χ1v) is 3.89. The Hall–Kier alpha value is 0.240. The third kappa shape index (κ3) is 1.45. The van der Waals surface area contributed by atoms with Crippen molar-refractivity contribution in [3.8, 4) is 0 Å². The standard InChI is InChI=1S/C5H2Cl3NS/c6-2-1-9-5(8)3(7)4(2)10/h1H,(H,9,10). The number of nitrogens with one attached hydrogen (secondary N) is 1. The molecule has 0 saturated heterocycles. The highest BCUT2D eigenvalue weighted by Crippen LogP contribution is 2.24. The summed E-state index contributed by atoms with van der Waals surface area (Å²) in [6.07, 6.45) is 1.50. The van der Waals surface area contributed by atoms with Gasteiger partial charge in [0.25, 0.3) is 0 Å². The molecule has 1 nitrogen and oxygen atoms in total. The second kappa shape index (κ2) is 3.09. The van der Waals surface area contributed by atoms with Crippen molar-refractivity contribution in [1.82, 2.24) is 4.98 Å². The van der Waals surface area contributed by atoms with Crippen LogP contribution in [0.5, 0.6) is 0 Å². The monoisotopic (exact) mass is 213 g/mol. The number of pyridine rings is 1. The molecule has 0 atom stereocenters. The lowest BCUT2D eigenvalue weighted by Crippen LogP contribution is -1.77. The van der Waals surface area contributed by atoms with Gasteiger partial charge >= 0.3 is 0 Å². The molecule has 0 aliphatic carbocycles. The molecule has 1 heterocycles. The highest BCUT2D eigenvalue weighted by atomic mass is 35.5. The van der Waals surface area contributed by atoms with E-state index in [4.69, 9.17) is 47.0 Å². The van der Waals surface area contributed by atoms with Crippen molar-refractivity contribution >= 4 is 47.0 Å². The van der Waals surface area contributed by atoms with Gasteiger partial charge < -0.3 is 4.98 Å². The molecular weight excluding hydrogens is 212 g/mol. The van der Waals surface area contributed by atoms with Crippen molar-refractivity contribution in [1.29, 1.82) is 0 Å². The van der Waals surface area contributed by atoms with Gasteiger partial charge in [-0.15, -0.1) is 0 Å². The van der Waals surface area contributed by atoms with E-state index in [2.05, 4.69) is 4.98 Å². The minimum atomic E-state index is 0.296. The van der Waals surface area contributed by atoms with Gasteiger partial charge in [-0.3, -0.25) is 0 Å². The van der Waals surface area contributed by atoms with Crippen LogP contribution in [0.15, 0.2) is 6.20 Å². The maximum absolute atomic E-state index is 5.63. The molecule has 0 bridgehead atoms. The summed E-state index contributed by atoms with van der Waals surface area (Å²) in [5.41, 5.74) is 0. The summed E-state index contributed by atoms with van der Waals surface area (Å²) in [6, 6.07) is 0. The first-order chi connectivity index (χ1) is 4.63. The van der Waals surface area contributed by atoms with E-state index in [1.165, 1.54) is 6.20 Å². The summed E-state index contributed by atoms with van der Waals surface area (Å²) in [4.78, 5) is 2.64. The smallest absolute Gasteiger partial charge is 0.126 e. The molecule has 10 heavy (non-hydrogen) atoms. The van der Waals surface area contributed by atoms with E-state index in [0.717, 1.165) is 0 Å². The van der Waals surface area contributed by atoms with Crippen LogP contribution in [0.1, 0.15) is 0 Å². The first kappa shape index (κ1) is 8.34. The Morgan fingerprint density at radius 1 is 1.30 bits per heavy atom. The fourth-order valence-corrected chi connectivity index (χ4v) is 1.18. The zero-order chi connectivity index (χ0) is 7.72. The molecule has 0 aliphatic heterocycles. The topological polar surface area (TPSA) is 15.8 Å². The third-order valence-electron chi connectivity index (χ3n) is 0.935. The second-order valence-corrected chi connectivity index (χ2v) is 3.17. The van der Waals surface area contributed by atoms with Gasteiger partial charge in [0.2, 0.25) is 0 Å². The maximum atomic E-state index is 5.63. The molecule has 0 amide bonds. The van der Waals surface area contributed by atoms with Crippen molar-refractivity contribution in [3.05, 3.63) is 25.9 Å². The number of rotatable bonds is 0. The van der Waals surface area contributed by atoms with E-state index in [9.17, 15) is 0 Å². The molecule has 0 spiro atoms. The van der Waals surface area contributed by atoms with Gasteiger partial charge in [-0.1, -0.05) is 47.0 Å². The molecule has 5 heteroatoms. The summed E-state index contributed by atoms with van der Waals surface area (Å²) in [7, 11) is 0. The van der Waals surface area contributed by atoms with Gasteiger partial charge in [-0.25, -0.2) is 0 Å². The van der Waals surface area contributed by atoms with Crippen molar-refractivity contribution in [2.24, 2.45) is 0 Å². The highest BCUT2D eigenvalue weighted by Gasteiger charge is 2.01. The van der Waals surface area contributed by atoms with Crippen LogP contribution in [-0.4, -0.2) is 4.98 Å². The molecular formula is C5H2Cl3NS. The predicted octanol–water partition coefficient (Wildman–Crippen LogP) is 3.70. The van der Waals surface area contributed by atoms with E-state index >= 15 is 0 Å². The molecule has 0 radical (unpaired) electrons. The van der Waals surface area contributed by atoms with E-state index in [-0.39, 0.29) is 0 Å². The van der Waals surface area contributed by atoms with Gasteiger partial charge in [0.05, 0.1) is 14.6 Å². The number of halogens is 3. The van der Waals surface area contributed by atoms with Crippen LogP contribution in [-0.2, 0) is 0 Å². The van der Waals surface area contributed by atoms with Crippen molar-refractivity contribution in [2.45, 2.75) is 0 Å². The lowest BCUT2D eigenvalue weighted by atomic mass is 10.5. The van der Waals surface area contributed by atoms with Crippen molar-refractivity contribution in [2.75, 3.05) is 0 Å². The van der Waals surface area contributed by atoms with Crippen LogP contribution in [0.4, 0.5) is 0 Å². The summed E-state index contributed by atoms with van der Waals surface area (Å²) < 4.78 is 0.382. The molecule has 1 aromatic heterocycles. The average molecular weight is 215 g/mol. The molecule has 1 N–H and O–H groups in total. The molecule has 54 valence electrons. The molecule has 0 saturated carbocycles. The van der Waals surface area contributed by atoms with Gasteiger partial charge in [-0.2, -0.15) is 0 Å². The minimum absolute atomic E-state index is 0.296. The Bertz CT molecular complexity index is 306. The van der Waals surface area contributed by atoms with Crippen LogP contribution < -0.4 is 0 Å². The predicted molar refractivity (Wildman–Crippen MR) is 46.7 cm³/mol. The Balaban J connectivity index is 3.50. The second-order valence-electron chi connectivity index (χ2n) is 1.59. The highest BCUT2D eigenvalue weighted by molar-refractivity contribution is 7.71. The molecule has 0 aromatic carbocycles. The zero-order valence-electron chi connectivity index (χ0n) is 4.62. The van der Waals surface area contributed by atoms with Gasteiger partial charge in [0, 0.05) is 6.20 Å². The number of hydrogen-bond acceptors (Lipinski definition) is 1. The number of H-pyrrole nitrogens is 1. The largest absolute Gasteiger partial charge is 0.350 e. The Labute approximate surface area is 77.9 Å². The zero-order valence-corrected chi connectivity index (χ0v) is 7.70. The summed E-state index contributed by atoms with van der Waals surface area (Å²) >= 11 is 21.6. The van der Waals surface area contributed by atoms with Crippen LogP contribution in [0, 0.1) is 4.51 Å². The summed E-state index contributed by atoms with van der Waals surface area (Å²) in [5.74, 6) is 0. The molecule has 1 aromatic rings. The van der Waals surface area contributed by atoms with Gasteiger partial charge in [-0.05, 0) is 0 Å². The van der Waals surface area contributed by atoms with Gasteiger partial charge in [0.15, 0.2) is 0 Å². The Morgan fingerprint density at radius 3 is 2.40 bits per heavy atom. The SMILES string of the molecule is S=c1c(Cl)c[nH]c(Cl)c1Cl. The fourth-order valence-electron chi connectivity index (χ4n) is 0.460. The number of aromatic amines is 1. The summed E-state index contributed by atoms with van der Waals surface area (Å²) in [5, 5.41) is 1.02. The lowest BCUT2D eigenvalue weighted by Gasteiger charge is -1.95. The lowest BCUT2D eigenvalue weighted by molar-refractivity contribution is 1.32. The van der Waals surface area contributed by atoms with Crippen LogP contribution in [0.2, 0.25) is 15.2 Å². The minimum Gasteiger partial charge on any atom is -0.350 e. The third-order valence-corrected chi connectivity index (χ3v) is 2.65. The van der Waals surface area contributed by atoms with E-state index in [1.807, 2.05) is 0 Å². The van der Waals surface area contributed by atoms with E-state index in [1.54, 1.807) is 0 Å². The van der Waals surface area contributed by atoms with E-state index in [0.29, 0.717) is 19.7 Å². The number of hydrogen-bond donors (Lipinski definition) is 1. The van der Waals surface area contributed by atoms with E-state index < -0.39 is 0 Å². The summed E-state index contributed by atoms with van der Waals surface area (Å²) in [6.45, 7) is 0. The molecule has 0 fully saturated rings. The average Bonchev–Trinajstić information content (AvgIpc) is 1.93. The van der Waals surface area contributed by atoms with Crippen molar-refractivity contribution < 1.29 is 0 Å².